The molecule has 1 saturated heterocycles. The number of aliphatic hydroxyl groups is 2. The van der Waals surface area contributed by atoms with Gasteiger partial charge in [-0.05, 0) is 37.6 Å². The number of methoxy groups -OCH3 is 1. The maximum atomic E-state index is 13.6. The molecule has 2 aliphatic heterocycles. The van der Waals surface area contributed by atoms with Crippen molar-refractivity contribution in [1.82, 2.24) is 9.99 Å². The van der Waals surface area contributed by atoms with E-state index < -0.39 is 50.4 Å². The molecular weight excluding hydrogens is 467 g/mol. The molecule has 0 spiro atoms. The minimum absolute atomic E-state index is 0.0470. The molecule has 0 radical (unpaired) electrons. The predicted molar refractivity (Wildman–Crippen MR) is 120 cm³/mol. The van der Waals surface area contributed by atoms with Crippen LogP contribution in [0.1, 0.15) is 20.3 Å². The van der Waals surface area contributed by atoms with Gasteiger partial charge in [0.25, 0.3) is 0 Å². The number of rotatable bonds is 9. The molecule has 186 valence electrons. The van der Waals surface area contributed by atoms with Crippen LogP contribution in [0, 0.1) is 0 Å². The molecule has 34 heavy (non-hydrogen) atoms. The molecule has 12 heteroatoms. The van der Waals surface area contributed by atoms with Crippen molar-refractivity contribution in [2.24, 2.45) is 0 Å². The summed E-state index contributed by atoms with van der Waals surface area (Å²) in [5, 5.41) is 23.7. The highest BCUT2D eigenvalue weighted by Crippen LogP contribution is 2.47. The fraction of sp³-hybridized carbons (Fsp3) is 0.455. The van der Waals surface area contributed by atoms with Crippen molar-refractivity contribution in [3.05, 3.63) is 54.8 Å². The van der Waals surface area contributed by atoms with Crippen molar-refractivity contribution in [3.8, 4) is 5.75 Å². The Balaban J connectivity index is 1.78. The molecule has 1 amide bonds. The lowest BCUT2D eigenvalue weighted by Gasteiger charge is -2.30. The first-order valence-electron chi connectivity index (χ1n) is 10.6. The van der Waals surface area contributed by atoms with Crippen molar-refractivity contribution < 1.29 is 42.9 Å². The van der Waals surface area contributed by atoms with Gasteiger partial charge in [-0.1, -0.05) is 24.8 Å². The quantitative estimate of drug-likeness (QED) is 0.340. The van der Waals surface area contributed by atoms with Gasteiger partial charge in [0.2, 0.25) is 5.91 Å². The van der Waals surface area contributed by atoms with Crippen LogP contribution in [-0.2, 0) is 28.2 Å². The average Bonchev–Trinajstić information content (AvgIpc) is 3.08. The van der Waals surface area contributed by atoms with Crippen molar-refractivity contribution in [3.63, 3.8) is 0 Å². The number of carbonyl (C=O) groups excluding carboxylic acids is 2. The van der Waals surface area contributed by atoms with Gasteiger partial charge in [0.05, 0.1) is 19.6 Å². The lowest BCUT2D eigenvalue weighted by molar-refractivity contribution is -0.147. The van der Waals surface area contributed by atoms with Crippen molar-refractivity contribution in [2.45, 2.75) is 57.0 Å². The Labute approximate surface area is 197 Å². The molecule has 3 rings (SSSR count). The van der Waals surface area contributed by atoms with E-state index in [0.717, 1.165) is 0 Å². The number of aliphatic hydroxyl groups excluding tert-OH is 2. The fourth-order valence-electron chi connectivity index (χ4n) is 3.59. The van der Waals surface area contributed by atoms with E-state index in [0.29, 0.717) is 5.57 Å². The monoisotopic (exact) mass is 496 g/mol. The van der Waals surface area contributed by atoms with E-state index >= 15 is 0 Å². The van der Waals surface area contributed by atoms with Crippen LogP contribution in [0.2, 0.25) is 0 Å². The molecule has 5 unspecified atom stereocenters. The highest BCUT2D eigenvalue weighted by Gasteiger charge is 2.50. The van der Waals surface area contributed by atoms with Gasteiger partial charge in [0.1, 0.15) is 30.1 Å². The number of carbonyl (C=O) groups is 2. The minimum atomic E-state index is -4.22. The highest BCUT2D eigenvalue weighted by atomic mass is 31.2. The molecule has 11 nitrogen and oxygen atoms in total. The molecule has 2 heterocycles. The van der Waals surface area contributed by atoms with Crippen molar-refractivity contribution in [2.75, 3.05) is 7.11 Å². The van der Waals surface area contributed by atoms with Crippen LogP contribution in [-0.4, -0.2) is 70.8 Å². The van der Waals surface area contributed by atoms with E-state index in [1.807, 2.05) is 0 Å². The standard InChI is InChI=1S/C22H29N2O9P/c1-13-10-11-24(17(25)12-13)21-19(27)18(26)20(31-21)15(3)32-34(29,23-14(2)22(28)30-4)33-16-8-6-5-7-9-16/h5-11,14-15,18-21,26-27H,1,12H2,2-4H3,(H,23,29)/t14?,15?,18-,19+,20?,21?,34?/m0/s1. The average molecular weight is 496 g/mol. The second-order valence-electron chi connectivity index (χ2n) is 8.01. The molecule has 1 aromatic carbocycles. The Morgan fingerprint density at radius 2 is 1.94 bits per heavy atom. The van der Waals surface area contributed by atoms with Crippen molar-refractivity contribution >= 4 is 19.6 Å². The Morgan fingerprint density at radius 3 is 2.56 bits per heavy atom. The van der Waals surface area contributed by atoms with Crippen LogP contribution < -0.4 is 9.61 Å². The molecule has 1 fully saturated rings. The zero-order valence-electron chi connectivity index (χ0n) is 19.1. The SMILES string of the molecule is C=C1C=CN(C2OC(C(C)OP(=O)(NC(C)C(=O)OC)Oc3ccccc3)[C@@H](O)[C@H]2O)C(=O)C1. The van der Waals surface area contributed by atoms with E-state index in [-0.39, 0.29) is 18.1 Å². The third kappa shape index (κ3) is 5.93. The molecule has 0 aromatic heterocycles. The molecule has 2 aliphatic rings. The summed E-state index contributed by atoms with van der Waals surface area (Å²) in [4.78, 5) is 25.4. The zero-order chi connectivity index (χ0) is 25.0. The third-order valence-corrected chi connectivity index (χ3v) is 7.09. The number of nitrogens with one attached hydrogen (secondary N) is 1. The van der Waals surface area contributed by atoms with Crippen LogP contribution in [0.4, 0.5) is 0 Å². The van der Waals surface area contributed by atoms with Gasteiger partial charge in [-0.3, -0.25) is 19.0 Å². The third-order valence-electron chi connectivity index (χ3n) is 5.33. The molecule has 0 bridgehead atoms. The van der Waals surface area contributed by atoms with E-state index in [4.69, 9.17) is 13.8 Å². The summed E-state index contributed by atoms with van der Waals surface area (Å²) < 4.78 is 35.3. The predicted octanol–water partition coefficient (Wildman–Crippen LogP) is 1.48. The fourth-order valence-corrected chi connectivity index (χ4v) is 5.28. The second-order valence-corrected chi connectivity index (χ2v) is 9.66. The number of nitrogens with zero attached hydrogens (tertiary/aromatic N) is 1. The summed E-state index contributed by atoms with van der Waals surface area (Å²) in [7, 11) is -3.04. The molecule has 7 atom stereocenters. The van der Waals surface area contributed by atoms with Gasteiger partial charge in [-0.2, -0.15) is 5.09 Å². The first kappa shape index (κ1) is 26.1. The maximum Gasteiger partial charge on any atom is 0.459 e. The molecule has 1 aromatic rings. The number of amides is 1. The van der Waals surface area contributed by atoms with Gasteiger partial charge < -0.3 is 24.2 Å². The molecule has 0 saturated carbocycles. The van der Waals surface area contributed by atoms with E-state index in [1.54, 1.807) is 36.4 Å². The Morgan fingerprint density at radius 1 is 1.26 bits per heavy atom. The van der Waals surface area contributed by atoms with Crippen molar-refractivity contribution in [1.29, 1.82) is 0 Å². The van der Waals surface area contributed by atoms with Crippen LogP contribution in [0.3, 0.4) is 0 Å². The Kier molecular flexibility index (Phi) is 8.29. The smallest absolute Gasteiger partial charge is 0.459 e. The van der Waals surface area contributed by atoms with E-state index in [2.05, 4.69) is 16.4 Å². The minimum Gasteiger partial charge on any atom is -0.468 e. The lowest BCUT2D eigenvalue weighted by atomic mass is 10.1. The normalized spacial score (nSPS) is 28.3. The topological polar surface area (TPSA) is 144 Å². The Hall–Kier alpha value is -2.53. The maximum absolute atomic E-state index is 13.6. The van der Waals surface area contributed by atoms with Crippen LogP contribution in [0.5, 0.6) is 5.75 Å². The summed E-state index contributed by atoms with van der Waals surface area (Å²) in [5.41, 5.74) is 0.604. The molecule has 3 N–H and O–H groups in total. The number of hydrogen-bond acceptors (Lipinski definition) is 9. The Bertz CT molecular complexity index is 986. The van der Waals surface area contributed by atoms with Gasteiger partial charge in [-0.15, -0.1) is 0 Å². The lowest BCUT2D eigenvalue weighted by Crippen LogP contribution is -2.45. The first-order chi connectivity index (χ1) is 16.0. The summed E-state index contributed by atoms with van der Waals surface area (Å²) in [6.07, 6.45) is -3.29. The van der Waals surface area contributed by atoms with Gasteiger partial charge in [0.15, 0.2) is 6.23 Å². The number of benzene rings is 1. The summed E-state index contributed by atoms with van der Waals surface area (Å²) >= 11 is 0. The summed E-state index contributed by atoms with van der Waals surface area (Å²) in [6, 6.07) is 7.11. The van der Waals surface area contributed by atoms with E-state index in [1.165, 1.54) is 32.1 Å². The molecule has 0 aliphatic carbocycles. The number of para-hydroxylation sites is 1. The zero-order valence-corrected chi connectivity index (χ0v) is 20.0. The van der Waals surface area contributed by atoms with Crippen LogP contribution in [0.15, 0.2) is 54.8 Å². The summed E-state index contributed by atoms with van der Waals surface area (Å²) in [6.45, 7) is 6.61. The largest absolute Gasteiger partial charge is 0.468 e. The van der Waals surface area contributed by atoms with Gasteiger partial charge in [0, 0.05) is 6.20 Å². The second kappa shape index (κ2) is 10.8. The van der Waals surface area contributed by atoms with Gasteiger partial charge in [-0.25, -0.2) is 4.57 Å². The summed E-state index contributed by atoms with van der Waals surface area (Å²) in [5.74, 6) is -0.847. The number of hydrogen-bond donors (Lipinski definition) is 3. The van der Waals surface area contributed by atoms with Gasteiger partial charge >= 0.3 is 13.7 Å². The highest BCUT2D eigenvalue weighted by molar-refractivity contribution is 7.52. The van der Waals surface area contributed by atoms with E-state index in [9.17, 15) is 24.4 Å². The first-order valence-corrected chi connectivity index (χ1v) is 12.2. The number of esters is 1. The number of ether oxygens (including phenoxy) is 2. The van der Waals surface area contributed by atoms with Crippen LogP contribution in [0.25, 0.3) is 0 Å². The molecular formula is C22H29N2O9P. The van der Waals surface area contributed by atoms with Crippen LogP contribution >= 0.6 is 7.75 Å². The number of allylic oxidation sites excluding steroid dienone is 1.